The molecule has 3 atom stereocenters. The normalized spacial score (nSPS) is 30.5. The van der Waals surface area contributed by atoms with Gasteiger partial charge in [0.2, 0.25) is 0 Å². The fraction of sp³-hybridized carbons (Fsp3) is 0.588. The number of hydrogen-bond donors (Lipinski definition) is 2. The summed E-state index contributed by atoms with van der Waals surface area (Å²) < 4.78 is 13.8. The molecule has 0 spiro atoms. The first-order valence-corrected chi connectivity index (χ1v) is 8.18. The lowest BCUT2D eigenvalue weighted by Crippen LogP contribution is -2.44. The Kier molecular flexibility index (Phi) is 3.33. The Balaban J connectivity index is 1.49. The van der Waals surface area contributed by atoms with E-state index in [0.29, 0.717) is 29.6 Å². The van der Waals surface area contributed by atoms with Crippen molar-refractivity contribution < 1.29 is 14.3 Å². The van der Waals surface area contributed by atoms with Gasteiger partial charge >= 0.3 is 6.03 Å². The van der Waals surface area contributed by atoms with Crippen LogP contribution in [-0.4, -0.2) is 34.7 Å². The first kappa shape index (κ1) is 14.0. The lowest BCUT2D eigenvalue weighted by atomic mass is 10.0. The molecule has 0 aromatic heterocycles. The molecule has 1 aromatic carbocycles. The summed E-state index contributed by atoms with van der Waals surface area (Å²) in [5.41, 5.74) is 1.35. The summed E-state index contributed by atoms with van der Waals surface area (Å²) >= 11 is 0. The zero-order valence-electron chi connectivity index (χ0n) is 12.5. The van der Waals surface area contributed by atoms with Crippen LogP contribution in [0, 0.1) is 11.7 Å². The molecule has 2 N–H and O–H groups in total. The lowest BCUT2D eigenvalue weighted by molar-refractivity contribution is 0.101. The van der Waals surface area contributed by atoms with Crippen LogP contribution >= 0.6 is 0 Å². The van der Waals surface area contributed by atoms with Crippen molar-refractivity contribution in [3.8, 4) is 0 Å². The number of amides is 2. The maximum atomic E-state index is 13.8. The molecule has 1 saturated heterocycles. The van der Waals surface area contributed by atoms with Crippen LogP contribution in [0.15, 0.2) is 18.2 Å². The van der Waals surface area contributed by atoms with Gasteiger partial charge in [-0.2, -0.15) is 0 Å². The fourth-order valence-corrected chi connectivity index (χ4v) is 4.03. The van der Waals surface area contributed by atoms with Crippen LogP contribution in [0.4, 0.5) is 14.9 Å². The number of urea groups is 1. The Morgan fingerprint density at radius 1 is 1.23 bits per heavy atom. The molecule has 22 heavy (non-hydrogen) atoms. The molecule has 0 bridgehead atoms. The second kappa shape index (κ2) is 5.23. The van der Waals surface area contributed by atoms with Gasteiger partial charge in [0.05, 0.1) is 12.1 Å². The highest BCUT2D eigenvalue weighted by atomic mass is 19.1. The molecule has 2 aliphatic carbocycles. The Bertz CT molecular complexity index is 602. The van der Waals surface area contributed by atoms with Gasteiger partial charge in [0, 0.05) is 12.2 Å². The third-order valence-corrected chi connectivity index (χ3v) is 5.34. The first-order valence-electron chi connectivity index (χ1n) is 8.18. The summed E-state index contributed by atoms with van der Waals surface area (Å²) in [6.45, 7) is 0.689. The number of rotatable bonds is 2. The molecule has 0 unspecified atom stereocenters. The van der Waals surface area contributed by atoms with Crippen LogP contribution in [0.25, 0.3) is 0 Å². The maximum absolute atomic E-state index is 13.8. The van der Waals surface area contributed by atoms with Crippen molar-refractivity contribution in [3.05, 3.63) is 29.6 Å². The minimum absolute atomic E-state index is 0.0525. The van der Waals surface area contributed by atoms with Gasteiger partial charge in [-0.3, -0.25) is 0 Å². The van der Waals surface area contributed by atoms with Crippen molar-refractivity contribution in [1.82, 2.24) is 4.90 Å². The molecular weight excluding hydrogens is 283 g/mol. The summed E-state index contributed by atoms with van der Waals surface area (Å²) in [5, 5.41) is 13.0. The van der Waals surface area contributed by atoms with E-state index in [-0.39, 0.29) is 17.9 Å². The summed E-state index contributed by atoms with van der Waals surface area (Å²) in [6, 6.07) is 4.56. The number of carbonyl (C=O) groups is 1. The Labute approximate surface area is 129 Å². The van der Waals surface area contributed by atoms with E-state index in [4.69, 9.17) is 0 Å². The molecule has 118 valence electrons. The van der Waals surface area contributed by atoms with Gasteiger partial charge < -0.3 is 15.3 Å². The quantitative estimate of drug-likeness (QED) is 0.882. The number of fused-ring (bicyclic) bond motifs is 1. The molecular formula is C17H21FN2O2. The first-order chi connectivity index (χ1) is 10.6. The van der Waals surface area contributed by atoms with Gasteiger partial charge in [0.15, 0.2) is 0 Å². The maximum Gasteiger partial charge on any atom is 0.322 e. The highest BCUT2D eigenvalue weighted by molar-refractivity contribution is 5.90. The van der Waals surface area contributed by atoms with Crippen molar-refractivity contribution in [3.63, 3.8) is 0 Å². The van der Waals surface area contributed by atoms with Crippen LogP contribution in [0.1, 0.15) is 43.6 Å². The van der Waals surface area contributed by atoms with E-state index in [1.54, 1.807) is 17.0 Å². The highest BCUT2D eigenvalue weighted by Crippen LogP contribution is 2.42. The zero-order valence-corrected chi connectivity index (χ0v) is 12.5. The number of hydrogen-bond acceptors (Lipinski definition) is 2. The zero-order chi connectivity index (χ0) is 15.3. The monoisotopic (exact) mass is 304 g/mol. The van der Waals surface area contributed by atoms with Crippen LogP contribution < -0.4 is 5.32 Å². The smallest absolute Gasteiger partial charge is 0.322 e. The molecule has 2 saturated carbocycles. The number of aliphatic hydroxyl groups is 1. The number of halogens is 1. The van der Waals surface area contributed by atoms with E-state index in [1.165, 1.54) is 6.07 Å². The summed E-state index contributed by atoms with van der Waals surface area (Å²) in [4.78, 5) is 14.2. The number of nitrogens with one attached hydrogen (secondary N) is 1. The van der Waals surface area contributed by atoms with Gasteiger partial charge in [-0.25, -0.2) is 9.18 Å². The van der Waals surface area contributed by atoms with Crippen molar-refractivity contribution in [1.29, 1.82) is 0 Å². The van der Waals surface area contributed by atoms with Crippen LogP contribution in [0.5, 0.6) is 0 Å². The average molecular weight is 304 g/mol. The van der Waals surface area contributed by atoms with E-state index in [2.05, 4.69) is 5.32 Å². The molecule has 1 aromatic rings. The van der Waals surface area contributed by atoms with Crippen molar-refractivity contribution in [2.45, 2.75) is 50.2 Å². The molecule has 2 amide bonds. The number of anilines is 1. The molecule has 0 radical (unpaired) electrons. The van der Waals surface area contributed by atoms with E-state index < -0.39 is 6.10 Å². The molecule has 4 nitrogen and oxygen atoms in total. The van der Waals surface area contributed by atoms with Gasteiger partial charge in [-0.1, -0.05) is 0 Å². The predicted molar refractivity (Wildman–Crippen MR) is 81.2 cm³/mol. The largest absolute Gasteiger partial charge is 0.391 e. The second-order valence-electron chi connectivity index (χ2n) is 6.82. The Morgan fingerprint density at radius 2 is 2.05 bits per heavy atom. The number of nitrogens with zero attached hydrogens (tertiary/aromatic N) is 1. The highest BCUT2D eigenvalue weighted by Gasteiger charge is 2.45. The Hall–Kier alpha value is -1.62. The van der Waals surface area contributed by atoms with Gasteiger partial charge in [0.1, 0.15) is 5.82 Å². The minimum atomic E-state index is -0.409. The molecule has 3 fully saturated rings. The summed E-state index contributed by atoms with van der Waals surface area (Å²) in [5.74, 6) is 0.550. The molecule has 1 aliphatic heterocycles. The van der Waals surface area contributed by atoms with Crippen molar-refractivity contribution >= 4 is 11.7 Å². The lowest BCUT2D eigenvalue weighted by Gasteiger charge is -2.27. The van der Waals surface area contributed by atoms with E-state index in [9.17, 15) is 14.3 Å². The third kappa shape index (κ3) is 2.37. The average Bonchev–Trinajstić information content (AvgIpc) is 3.15. The molecule has 1 heterocycles. The number of aliphatic hydroxyl groups excluding tert-OH is 1. The van der Waals surface area contributed by atoms with Crippen LogP contribution in [0.3, 0.4) is 0 Å². The van der Waals surface area contributed by atoms with Gasteiger partial charge in [0.25, 0.3) is 0 Å². The van der Waals surface area contributed by atoms with E-state index in [0.717, 1.165) is 32.1 Å². The van der Waals surface area contributed by atoms with Gasteiger partial charge in [-0.05, 0) is 67.7 Å². The predicted octanol–water partition coefficient (Wildman–Crippen LogP) is 3.08. The number of benzene rings is 1. The van der Waals surface area contributed by atoms with Crippen LogP contribution in [0.2, 0.25) is 0 Å². The molecule has 5 heteroatoms. The summed E-state index contributed by atoms with van der Waals surface area (Å²) in [6.07, 6.45) is 4.38. The SMILES string of the molecule is O=C(Nc1ccc(F)c(C2CC2)c1)N1CC[C@@H]2CC[C@@H](O)[C@@H]21. The fourth-order valence-electron chi connectivity index (χ4n) is 4.03. The topological polar surface area (TPSA) is 52.6 Å². The minimum Gasteiger partial charge on any atom is -0.391 e. The molecule has 3 aliphatic rings. The van der Waals surface area contributed by atoms with Gasteiger partial charge in [-0.15, -0.1) is 0 Å². The third-order valence-electron chi connectivity index (χ3n) is 5.34. The van der Waals surface area contributed by atoms with Crippen molar-refractivity contribution in [2.24, 2.45) is 5.92 Å². The second-order valence-corrected chi connectivity index (χ2v) is 6.82. The summed E-state index contributed by atoms with van der Waals surface area (Å²) in [7, 11) is 0. The van der Waals surface area contributed by atoms with E-state index >= 15 is 0 Å². The van der Waals surface area contributed by atoms with Crippen LogP contribution in [-0.2, 0) is 0 Å². The number of carbonyl (C=O) groups excluding carboxylic acids is 1. The molecule has 4 rings (SSSR count). The standard InChI is InChI=1S/C17H21FN2O2/c18-14-5-4-12(9-13(14)10-1-2-10)19-17(22)20-8-7-11-3-6-15(21)16(11)20/h4-5,9-11,15-16,21H,1-3,6-8H2,(H,19,22)/t11-,15+,16+/m0/s1. The van der Waals surface area contributed by atoms with Crippen molar-refractivity contribution in [2.75, 3.05) is 11.9 Å². The number of likely N-dealkylation sites (tertiary alicyclic amines) is 1. The van der Waals surface area contributed by atoms with E-state index in [1.807, 2.05) is 0 Å². The Morgan fingerprint density at radius 3 is 2.82 bits per heavy atom.